The first kappa shape index (κ1) is 13.6. The van der Waals surface area contributed by atoms with Gasteiger partial charge in [0.25, 0.3) is 0 Å². The van der Waals surface area contributed by atoms with E-state index in [1.165, 1.54) is 6.92 Å². The van der Waals surface area contributed by atoms with Crippen molar-refractivity contribution in [2.75, 3.05) is 6.61 Å². The van der Waals surface area contributed by atoms with E-state index in [0.29, 0.717) is 22.9 Å². The topological polar surface area (TPSA) is 44.1 Å². The summed E-state index contributed by atoms with van der Waals surface area (Å²) in [6.07, 6.45) is 6.29. The highest BCUT2D eigenvalue weighted by atomic mass is 35.5. The van der Waals surface area contributed by atoms with Gasteiger partial charge in [0.05, 0.1) is 18.0 Å². The molecule has 1 aromatic heterocycles. The largest absolute Gasteiger partial charge is 0.492 e. The second-order valence-corrected chi connectivity index (χ2v) is 4.61. The molecule has 0 atom stereocenters. The molecule has 5 heteroatoms. The zero-order valence-electron chi connectivity index (χ0n) is 10.7. The van der Waals surface area contributed by atoms with Crippen molar-refractivity contribution in [1.29, 1.82) is 0 Å². The molecule has 4 nitrogen and oxygen atoms in total. The van der Waals surface area contributed by atoms with Crippen LogP contribution < -0.4 is 4.74 Å². The van der Waals surface area contributed by atoms with E-state index in [0.717, 1.165) is 13.0 Å². The fourth-order valence-corrected chi connectivity index (χ4v) is 1.92. The number of carbonyl (C=O) groups is 1. The van der Waals surface area contributed by atoms with E-state index < -0.39 is 0 Å². The summed E-state index contributed by atoms with van der Waals surface area (Å²) in [5.41, 5.74) is 0.593. The van der Waals surface area contributed by atoms with Crippen molar-refractivity contribution in [3.8, 4) is 5.75 Å². The van der Waals surface area contributed by atoms with Crippen molar-refractivity contribution in [2.45, 2.75) is 19.9 Å². The molecule has 0 aliphatic carbocycles. The van der Waals surface area contributed by atoms with Crippen molar-refractivity contribution in [3.63, 3.8) is 0 Å². The lowest BCUT2D eigenvalue weighted by molar-refractivity contribution is 0.101. The van der Waals surface area contributed by atoms with Crippen LogP contribution in [0.3, 0.4) is 0 Å². The third kappa shape index (κ3) is 3.83. The summed E-state index contributed by atoms with van der Waals surface area (Å²) in [7, 11) is 0. The molecule has 0 fully saturated rings. The van der Waals surface area contributed by atoms with Crippen LogP contribution in [0, 0.1) is 0 Å². The Hall–Kier alpha value is -1.81. The zero-order valence-corrected chi connectivity index (χ0v) is 11.4. The molecule has 0 N–H and O–H groups in total. The Labute approximate surface area is 117 Å². The summed E-state index contributed by atoms with van der Waals surface area (Å²) in [6, 6.07) is 5.09. The number of benzene rings is 1. The number of ketones is 1. The number of carbonyl (C=O) groups excluding carboxylic acids is 1. The van der Waals surface area contributed by atoms with Gasteiger partial charge in [0.1, 0.15) is 5.75 Å². The van der Waals surface area contributed by atoms with Crippen molar-refractivity contribution >= 4 is 17.4 Å². The molecule has 0 spiro atoms. The van der Waals surface area contributed by atoms with Crippen molar-refractivity contribution in [1.82, 2.24) is 9.55 Å². The first-order chi connectivity index (χ1) is 9.16. The van der Waals surface area contributed by atoms with Crippen LogP contribution in [0.15, 0.2) is 36.9 Å². The quantitative estimate of drug-likeness (QED) is 0.602. The number of rotatable bonds is 6. The molecule has 1 heterocycles. The second-order valence-electron chi connectivity index (χ2n) is 4.20. The summed E-state index contributed by atoms with van der Waals surface area (Å²) in [6.45, 7) is 2.93. The monoisotopic (exact) mass is 278 g/mol. The van der Waals surface area contributed by atoms with Crippen LogP contribution in [0.4, 0.5) is 0 Å². The number of Topliss-reactive ketones (excluding diaryl/α,β-unsaturated/α-hetero) is 1. The number of hydrogen-bond acceptors (Lipinski definition) is 3. The number of imidazole rings is 1. The number of ether oxygens (including phenoxy) is 1. The van der Waals surface area contributed by atoms with E-state index in [1.807, 2.05) is 10.8 Å². The van der Waals surface area contributed by atoms with Gasteiger partial charge < -0.3 is 9.30 Å². The molecule has 19 heavy (non-hydrogen) atoms. The molecule has 0 amide bonds. The molecule has 0 saturated heterocycles. The van der Waals surface area contributed by atoms with Crippen molar-refractivity contribution < 1.29 is 9.53 Å². The van der Waals surface area contributed by atoms with E-state index >= 15 is 0 Å². The van der Waals surface area contributed by atoms with Crippen molar-refractivity contribution in [2.24, 2.45) is 0 Å². The minimum Gasteiger partial charge on any atom is -0.492 e. The standard InChI is InChI=1S/C14H15ClN2O2/c1-11(18)12-3-4-14(13(15)9-12)19-8-2-6-17-7-5-16-10-17/h3-5,7,9-10H,2,6,8H2,1H3. The lowest BCUT2D eigenvalue weighted by Gasteiger charge is -2.09. The molecule has 0 saturated carbocycles. The average Bonchev–Trinajstić information content (AvgIpc) is 2.89. The van der Waals surface area contributed by atoms with Crippen LogP contribution in [0.5, 0.6) is 5.75 Å². The van der Waals surface area contributed by atoms with Gasteiger partial charge >= 0.3 is 0 Å². The van der Waals surface area contributed by atoms with Crippen LogP contribution in [-0.4, -0.2) is 21.9 Å². The van der Waals surface area contributed by atoms with E-state index in [1.54, 1.807) is 30.7 Å². The van der Waals surface area contributed by atoms with E-state index in [4.69, 9.17) is 16.3 Å². The van der Waals surface area contributed by atoms with Gasteiger partial charge in [0.15, 0.2) is 5.78 Å². The Morgan fingerprint density at radius 3 is 2.95 bits per heavy atom. The van der Waals surface area contributed by atoms with Gasteiger partial charge in [-0.25, -0.2) is 4.98 Å². The Kier molecular flexibility index (Phi) is 4.58. The van der Waals surface area contributed by atoms with Crippen LogP contribution in [0.25, 0.3) is 0 Å². The van der Waals surface area contributed by atoms with Gasteiger partial charge in [0, 0.05) is 24.5 Å². The molecule has 100 valence electrons. The Morgan fingerprint density at radius 1 is 1.47 bits per heavy atom. The molecule has 2 rings (SSSR count). The number of nitrogens with zero attached hydrogens (tertiary/aromatic N) is 2. The van der Waals surface area contributed by atoms with Crippen LogP contribution >= 0.6 is 11.6 Å². The maximum Gasteiger partial charge on any atom is 0.159 e. The molecule has 0 bridgehead atoms. The van der Waals surface area contributed by atoms with Crippen LogP contribution in [-0.2, 0) is 6.54 Å². The van der Waals surface area contributed by atoms with Gasteiger partial charge in [-0.05, 0) is 31.5 Å². The van der Waals surface area contributed by atoms with Gasteiger partial charge in [-0.3, -0.25) is 4.79 Å². The van der Waals surface area contributed by atoms with Gasteiger partial charge in [0.2, 0.25) is 0 Å². The molecule has 2 aromatic rings. The fourth-order valence-electron chi connectivity index (χ4n) is 1.69. The Bertz CT molecular complexity index is 553. The first-order valence-electron chi connectivity index (χ1n) is 6.06. The Balaban J connectivity index is 1.84. The predicted octanol–water partition coefficient (Wildman–Crippen LogP) is 3.21. The van der Waals surface area contributed by atoms with Crippen molar-refractivity contribution in [3.05, 3.63) is 47.5 Å². The molecule has 0 aliphatic rings. The first-order valence-corrected chi connectivity index (χ1v) is 6.43. The summed E-state index contributed by atoms with van der Waals surface area (Å²) < 4.78 is 7.58. The smallest absolute Gasteiger partial charge is 0.159 e. The summed E-state index contributed by atoms with van der Waals surface area (Å²) >= 11 is 6.06. The lowest BCUT2D eigenvalue weighted by atomic mass is 10.1. The third-order valence-corrected chi connectivity index (χ3v) is 3.01. The highest BCUT2D eigenvalue weighted by Crippen LogP contribution is 2.25. The number of aryl methyl sites for hydroxylation is 1. The average molecular weight is 279 g/mol. The minimum atomic E-state index is -0.00597. The maximum atomic E-state index is 11.2. The van der Waals surface area contributed by atoms with Gasteiger partial charge in [-0.1, -0.05) is 11.6 Å². The normalized spacial score (nSPS) is 10.4. The number of hydrogen-bond donors (Lipinski definition) is 0. The lowest BCUT2D eigenvalue weighted by Crippen LogP contribution is -2.03. The van der Waals surface area contributed by atoms with E-state index in [-0.39, 0.29) is 5.78 Å². The fraction of sp³-hybridized carbons (Fsp3) is 0.286. The predicted molar refractivity (Wildman–Crippen MR) is 73.8 cm³/mol. The van der Waals surface area contributed by atoms with Gasteiger partial charge in [-0.15, -0.1) is 0 Å². The summed E-state index contributed by atoms with van der Waals surface area (Å²) in [4.78, 5) is 15.2. The van der Waals surface area contributed by atoms with Crippen LogP contribution in [0.2, 0.25) is 5.02 Å². The SMILES string of the molecule is CC(=O)c1ccc(OCCCn2ccnc2)c(Cl)c1. The third-order valence-electron chi connectivity index (χ3n) is 2.72. The highest BCUT2D eigenvalue weighted by Gasteiger charge is 2.05. The highest BCUT2D eigenvalue weighted by molar-refractivity contribution is 6.32. The summed E-state index contributed by atoms with van der Waals surface area (Å²) in [5.74, 6) is 0.603. The Morgan fingerprint density at radius 2 is 2.32 bits per heavy atom. The molecule has 1 aromatic carbocycles. The second kappa shape index (κ2) is 6.38. The molecular weight excluding hydrogens is 264 g/mol. The van der Waals surface area contributed by atoms with E-state index in [2.05, 4.69) is 4.98 Å². The number of aromatic nitrogens is 2. The van der Waals surface area contributed by atoms with Gasteiger partial charge in [-0.2, -0.15) is 0 Å². The zero-order chi connectivity index (χ0) is 13.7. The summed E-state index contributed by atoms with van der Waals surface area (Å²) in [5, 5.41) is 0.468. The molecular formula is C14H15ClN2O2. The number of halogens is 1. The minimum absolute atomic E-state index is 0.00597. The molecule has 0 unspecified atom stereocenters. The molecule has 0 radical (unpaired) electrons. The van der Waals surface area contributed by atoms with Crippen LogP contribution in [0.1, 0.15) is 23.7 Å². The maximum absolute atomic E-state index is 11.2. The molecule has 0 aliphatic heterocycles. The van der Waals surface area contributed by atoms with E-state index in [9.17, 15) is 4.79 Å².